The number of aromatic nitrogens is 1. The molecule has 4 aromatic rings. The minimum absolute atomic E-state index is 0.274. The summed E-state index contributed by atoms with van der Waals surface area (Å²) in [6.45, 7) is 0. The van der Waals surface area contributed by atoms with Gasteiger partial charge in [0.15, 0.2) is 0 Å². The molecular weight excluding hydrogens is 356 g/mol. The van der Waals surface area contributed by atoms with Crippen molar-refractivity contribution >= 4 is 60.5 Å². The van der Waals surface area contributed by atoms with Crippen LogP contribution in [0.2, 0.25) is 0 Å². The average Bonchev–Trinajstić information content (AvgIpc) is 3.25. The Morgan fingerprint density at radius 2 is 1.96 bits per heavy atom. The first-order valence-electron chi connectivity index (χ1n) is 7.42. The van der Waals surface area contributed by atoms with Crippen LogP contribution in [0, 0.1) is 0 Å². The molecule has 0 aliphatic rings. The zero-order valence-electron chi connectivity index (χ0n) is 13.1. The second-order valence-electron chi connectivity index (χ2n) is 5.28. The number of anilines is 1. The Labute approximate surface area is 150 Å². The number of hydrogen-bond donors (Lipinski definition) is 1. The Morgan fingerprint density at radius 1 is 1.12 bits per heavy atom. The molecule has 0 aliphatic heterocycles. The van der Waals surface area contributed by atoms with Crippen molar-refractivity contribution in [3.05, 3.63) is 58.4 Å². The molecule has 2 aromatic heterocycles. The highest BCUT2D eigenvalue weighted by Crippen LogP contribution is 2.36. The molecule has 7 heteroatoms. The topological polar surface area (TPSA) is 68.3 Å². The summed E-state index contributed by atoms with van der Waals surface area (Å²) in [6.07, 6.45) is 0. The molecule has 1 N–H and O–H groups in total. The molecule has 0 bridgehead atoms. The second kappa shape index (κ2) is 6.27. The van der Waals surface area contributed by atoms with Crippen molar-refractivity contribution in [2.45, 2.75) is 0 Å². The summed E-state index contributed by atoms with van der Waals surface area (Å²) >= 11 is 2.78. The van der Waals surface area contributed by atoms with Crippen molar-refractivity contribution in [3.8, 4) is 0 Å². The van der Waals surface area contributed by atoms with Gasteiger partial charge >= 0.3 is 5.97 Å². The number of nitrogens with one attached hydrogen (secondary N) is 1. The molecule has 0 saturated carbocycles. The molecule has 0 radical (unpaired) electrons. The summed E-state index contributed by atoms with van der Waals surface area (Å²) in [5.41, 5.74) is 3.61. The SMILES string of the molecule is COC(=O)c1sc2ccccc2c1NC(=O)c1ccc2ncsc2c1. The molecule has 0 saturated heterocycles. The number of benzene rings is 2. The van der Waals surface area contributed by atoms with Crippen LogP contribution in [0.3, 0.4) is 0 Å². The van der Waals surface area contributed by atoms with Crippen LogP contribution in [0.1, 0.15) is 20.0 Å². The van der Waals surface area contributed by atoms with Crippen molar-refractivity contribution < 1.29 is 14.3 Å². The molecule has 4 rings (SSSR count). The van der Waals surface area contributed by atoms with E-state index in [0.29, 0.717) is 16.1 Å². The van der Waals surface area contributed by atoms with Crippen LogP contribution in [-0.2, 0) is 4.74 Å². The van der Waals surface area contributed by atoms with Crippen molar-refractivity contribution in [2.75, 3.05) is 12.4 Å². The normalized spacial score (nSPS) is 10.9. The summed E-state index contributed by atoms with van der Waals surface area (Å²) in [5.74, 6) is -0.738. The van der Waals surface area contributed by atoms with Gasteiger partial charge in [0.2, 0.25) is 0 Å². The van der Waals surface area contributed by atoms with Gasteiger partial charge in [0.1, 0.15) is 4.88 Å². The van der Waals surface area contributed by atoms with Crippen LogP contribution in [0.25, 0.3) is 20.3 Å². The predicted octanol–water partition coefficient (Wildman–Crippen LogP) is 4.55. The molecule has 1 amide bonds. The summed E-state index contributed by atoms with van der Waals surface area (Å²) in [7, 11) is 1.33. The molecule has 0 fully saturated rings. The molecule has 0 aliphatic carbocycles. The van der Waals surface area contributed by atoms with Gasteiger partial charge in [-0.3, -0.25) is 4.79 Å². The van der Waals surface area contributed by atoms with Gasteiger partial charge in [-0.15, -0.1) is 22.7 Å². The molecule has 2 heterocycles. The van der Waals surface area contributed by atoms with E-state index in [4.69, 9.17) is 4.74 Å². The molecule has 0 atom stereocenters. The highest BCUT2D eigenvalue weighted by atomic mass is 32.1. The van der Waals surface area contributed by atoms with Gasteiger partial charge in [-0.25, -0.2) is 9.78 Å². The van der Waals surface area contributed by atoms with E-state index in [1.165, 1.54) is 29.8 Å². The Bertz CT molecular complexity index is 1110. The zero-order valence-corrected chi connectivity index (χ0v) is 14.7. The highest BCUT2D eigenvalue weighted by Gasteiger charge is 2.21. The van der Waals surface area contributed by atoms with E-state index in [1.54, 1.807) is 17.6 Å². The lowest BCUT2D eigenvalue weighted by Crippen LogP contribution is -2.14. The summed E-state index contributed by atoms with van der Waals surface area (Å²) in [6, 6.07) is 12.9. The van der Waals surface area contributed by atoms with Gasteiger partial charge in [0.25, 0.3) is 5.91 Å². The monoisotopic (exact) mass is 368 g/mol. The first-order chi connectivity index (χ1) is 12.2. The molecule has 124 valence electrons. The third-order valence-corrected chi connectivity index (χ3v) is 5.74. The van der Waals surface area contributed by atoms with E-state index in [9.17, 15) is 9.59 Å². The van der Waals surface area contributed by atoms with E-state index in [-0.39, 0.29) is 5.91 Å². The molecular formula is C18H12N2O3S2. The van der Waals surface area contributed by atoms with E-state index >= 15 is 0 Å². The first kappa shape index (κ1) is 15.7. The lowest BCUT2D eigenvalue weighted by molar-refractivity contribution is 0.0607. The molecule has 0 spiro atoms. The predicted molar refractivity (Wildman–Crippen MR) is 101 cm³/mol. The number of amides is 1. The average molecular weight is 368 g/mol. The number of rotatable bonds is 3. The number of methoxy groups -OCH3 is 1. The third-order valence-electron chi connectivity index (χ3n) is 3.80. The number of nitrogens with zero attached hydrogens (tertiary/aromatic N) is 1. The van der Waals surface area contributed by atoms with Gasteiger partial charge in [0.05, 0.1) is 28.5 Å². The lowest BCUT2D eigenvalue weighted by Gasteiger charge is -2.07. The smallest absolute Gasteiger partial charge is 0.350 e. The largest absolute Gasteiger partial charge is 0.465 e. The summed E-state index contributed by atoms with van der Waals surface area (Å²) in [4.78, 5) is 29.4. The minimum atomic E-state index is -0.464. The maximum absolute atomic E-state index is 12.7. The van der Waals surface area contributed by atoms with Crippen molar-refractivity contribution in [1.82, 2.24) is 4.98 Å². The van der Waals surface area contributed by atoms with Crippen LogP contribution in [0.4, 0.5) is 5.69 Å². The van der Waals surface area contributed by atoms with Gasteiger partial charge in [-0.2, -0.15) is 0 Å². The number of thiophene rings is 1. The fourth-order valence-electron chi connectivity index (χ4n) is 2.59. The number of carbonyl (C=O) groups is 2. The Morgan fingerprint density at radius 3 is 2.80 bits per heavy atom. The zero-order chi connectivity index (χ0) is 17.4. The summed E-state index contributed by atoms with van der Waals surface area (Å²) < 4.78 is 6.71. The first-order valence-corrected chi connectivity index (χ1v) is 9.11. The highest BCUT2D eigenvalue weighted by molar-refractivity contribution is 7.21. The minimum Gasteiger partial charge on any atom is -0.465 e. The molecule has 25 heavy (non-hydrogen) atoms. The van der Waals surface area contributed by atoms with Crippen LogP contribution >= 0.6 is 22.7 Å². The van der Waals surface area contributed by atoms with Gasteiger partial charge in [-0.05, 0) is 24.3 Å². The fraction of sp³-hybridized carbons (Fsp3) is 0.0556. The van der Waals surface area contributed by atoms with Crippen molar-refractivity contribution in [1.29, 1.82) is 0 Å². The van der Waals surface area contributed by atoms with E-state index < -0.39 is 5.97 Å². The number of esters is 1. The van der Waals surface area contributed by atoms with Crippen LogP contribution in [0.5, 0.6) is 0 Å². The lowest BCUT2D eigenvalue weighted by atomic mass is 10.1. The number of hydrogen-bond acceptors (Lipinski definition) is 6. The quantitative estimate of drug-likeness (QED) is 0.539. The molecule has 0 unspecified atom stereocenters. The van der Waals surface area contributed by atoms with Crippen molar-refractivity contribution in [3.63, 3.8) is 0 Å². The van der Waals surface area contributed by atoms with Gasteiger partial charge < -0.3 is 10.1 Å². The van der Waals surface area contributed by atoms with E-state index in [2.05, 4.69) is 10.3 Å². The molecule has 2 aromatic carbocycles. The summed E-state index contributed by atoms with van der Waals surface area (Å²) in [5, 5.41) is 3.70. The standard InChI is InChI=1S/C18H12N2O3S2/c1-23-18(22)16-15(11-4-2-3-5-13(11)25-16)20-17(21)10-6-7-12-14(8-10)24-9-19-12/h2-9H,1H3,(H,20,21). The Balaban J connectivity index is 1.76. The Kier molecular flexibility index (Phi) is 3.95. The van der Waals surface area contributed by atoms with E-state index in [0.717, 1.165) is 20.3 Å². The van der Waals surface area contributed by atoms with Crippen LogP contribution < -0.4 is 5.32 Å². The third kappa shape index (κ3) is 2.77. The van der Waals surface area contributed by atoms with Crippen molar-refractivity contribution in [2.24, 2.45) is 0 Å². The number of carbonyl (C=O) groups excluding carboxylic acids is 2. The number of thiazole rings is 1. The Hall–Kier alpha value is -2.77. The van der Waals surface area contributed by atoms with Gasteiger partial charge in [-0.1, -0.05) is 18.2 Å². The van der Waals surface area contributed by atoms with Crippen LogP contribution in [-0.4, -0.2) is 24.0 Å². The van der Waals surface area contributed by atoms with Gasteiger partial charge in [0, 0.05) is 15.6 Å². The number of ether oxygens (including phenoxy) is 1. The van der Waals surface area contributed by atoms with Crippen LogP contribution in [0.15, 0.2) is 48.0 Å². The maximum Gasteiger partial charge on any atom is 0.350 e. The molecule has 5 nitrogen and oxygen atoms in total. The second-order valence-corrected chi connectivity index (χ2v) is 7.22. The maximum atomic E-state index is 12.7. The van der Waals surface area contributed by atoms with E-state index in [1.807, 2.05) is 30.3 Å². The fourth-order valence-corrected chi connectivity index (χ4v) is 4.38. The number of fused-ring (bicyclic) bond motifs is 2.